The number of benzene rings is 1. The molecule has 5 N–H and O–H groups in total. The third kappa shape index (κ3) is 1.24. The van der Waals surface area contributed by atoms with E-state index in [1.807, 2.05) is 5.32 Å². The van der Waals surface area contributed by atoms with E-state index in [4.69, 9.17) is 0 Å². The number of aliphatic hydroxyl groups is 1. The summed E-state index contributed by atoms with van der Waals surface area (Å²) in [6.07, 6.45) is -0.684. The number of rotatable bonds is 0. The van der Waals surface area contributed by atoms with Crippen LogP contribution in [0.3, 0.4) is 0 Å². The molecule has 0 unspecified atom stereocenters. The van der Waals surface area contributed by atoms with Gasteiger partial charge in [0.15, 0.2) is 0 Å². The number of hydrogen-bond acceptors (Lipinski definition) is 3. The van der Waals surface area contributed by atoms with Gasteiger partial charge in [-0.1, -0.05) is 0 Å². The topological polar surface area (TPSA) is 77.3 Å². The van der Waals surface area contributed by atoms with Crippen molar-refractivity contribution in [3.8, 4) is 11.5 Å². The van der Waals surface area contributed by atoms with Gasteiger partial charge in [-0.2, -0.15) is 0 Å². The third-order valence-corrected chi connectivity index (χ3v) is 2.38. The summed E-state index contributed by atoms with van der Waals surface area (Å²) in [5, 5.41) is 30.4. The highest BCUT2D eigenvalue weighted by Gasteiger charge is 2.26. The second-order valence-corrected chi connectivity index (χ2v) is 3.24. The predicted molar refractivity (Wildman–Crippen MR) is 45.2 cm³/mol. The number of phenols is 2. The average molecular weight is 182 g/mol. The van der Waals surface area contributed by atoms with Crippen LogP contribution in [-0.4, -0.2) is 21.9 Å². The predicted octanol–water partition coefficient (Wildman–Crippen LogP) is -0.792. The van der Waals surface area contributed by atoms with Gasteiger partial charge in [0.1, 0.15) is 30.7 Å². The van der Waals surface area contributed by atoms with Crippen LogP contribution in [0.1, 0.15) is 17.2 Å². The van der Waals surface area contributed by atoms with Crippen LogP contribution >= 0.6 is 0 Å². The second-order valence-electron chi connectivity index (χ2n) is 3.24. The van der Waals surface area contributed by atoms with Gasteiger partial charge in [-0.25, -0.2) is 0 Å². The van der Waals surface area contributed by atoms with Crippen LogP contribution in [0.4, 0.5) is 0 Å². The summed E-state index contributed by atoms with van der Waals surface area (Å²) >= 11 is 0. The Balaban J connectivity index is 2.60. The Morgan fingerprint density at radius 1 is 1.23 bits per heavy atom. The van der Waals surface area contributed by atoms with E-state index in [0.29, 0.717) is 24.2 Å². The largest absolute Gasteiger partial charge is 0.508 e. The summed E-state index contributed by atoms with van der Waals surface area (Å²) < 4.78 is 0. The van der Waals surface area contributed by atoms with Crippen molar-refractivity contribution in [1.29, 1.82) is 0 Å². The molecule has 13 heavy (non-hydrogen) atoms. The van der Waals surface area contributed by atoms with Crippen LogP contribution in [0.2, 0.25) is 0 Å². The fourth-order valence-electron chi connectivity index (χ4n) is 1.73. The number of aromatic hydroxyl groups is 2. The van der Waals surface area contributed by atoms with E-state index < -0.39 is 6.10 Å². The van der Waals surface area contributed by atoms with Crippen molar-refractivity contribution in [2.75, 3.05) is 6.54 Å². The van der Waals surface area contributed by atoms with Gasteiger partial charge in [0.25, 0.3) is 0 Å². The number of aliphatic hydroxyl groups excluding tert-OH is 1. The van der Waals surface area contributed by atoms with Gasteiger partial charge in [-0.15, -0.1) is 0 Å². The molecule has 1 aromatic carbocycles. The van der Waals surface area contributed by atoms with Gasteiger partial charge < -0.3 is 20.6 Å². The molecule has 0 bridgehead atoms. The van der Waals surface area contributed by atoms with Gasteiger partial charge in [0.05, 0.1) is 5.56 Å². The van der Waals surface area contributed by atoms with Gasteiger partial charge >= 0.3 is 0 Å². The lowest BCUT2D eigenvalue weighted by Gasteiger charge is -2.21. The first-order valence-corrected chi connectivity index (χ1v) is 4.23. The lowest BCUT2D eigenvalue weighted by molar-refractivity contribution is -0.681. The molecule has 0 saturated carbocycles. The molecule has 0 amide bonds. The zero-order valence-electron chi connectivity index (χ0n) is 7.07. The van der Waals surface area contributed by atoms with Crippen molar-refractivity contribution in [2.24, 2.45) is 0 Å². The number of hydrogen-bond donors (Lipinski definition) is 4. The molecule has 1 atom stereocenters. The zero-order chi connectivity index (χ0) is 9.42. The Hall–Kier alpha value is -1.26. The molecule has 4 nitrogen and oxygen atoms in total. The van der Waals surface area contributed by atoms with Gasteiger partial charge in [-0.05, 0) is 12.1 Å². The quantitative estimate of drug-likeness (QED) is 0.397. The summed E-state index contributed by atoms with van der Waals surface area (Å²) in [7, 11) is 0. The average Bonchev–Trinajstić information content (AvgIpc) is 2.12. The molecular formula is C9H12NO3+. The first-order chi connectivity index (χ1) is 6.20. The first kappa shape index (κ1) is 8.34. The Kier molecular flexibility index (Phi) is 1.86. The van der Waals surface area contributed by atoms with Crippen LogP contribution in [0.15, 0.2) is 12.1 Å². The van der Waals surface area contributed by atoms with Crippen LogP contribution in [-0.2, 0) is 6.54 Å². The molecule has 4 heteroatoms. The lowest BCUT2D eigenvalue weighted by Crippen LogP contribution is -2.85. The van der Waals surface area contributed by atoms with Gasteiger partial charge in [0, 0.05) is 5.56 Å². The Bertz CT molecular complexity index is 338. The molecule has 70 valence electrons. The molecule has 0 spiro atoms. The summed E-state index contributed by atoms with van der Waals surface area (Å²) in [5.41, 5.74) is 1.11. The summed E-state index contributed by atoms with van der Waals surface area (Å²) in [6.45, 7) is 1.14. The van der Waals surface area contributed by atoms with E-state index in [0.717, 1.165) is 0 Å². The highest BCUT2D eigenvalue weighted by molar-refractivity contribution is 5.48. The Labute approximate surface area is 75.5 Å². The fraction of sp³-hybridized carbons (Fsp3) is 0.333. The van der Waals surface area contributed by atoms with Crippen molar-refractivity contribution in [3.63, 3.8) is 0 Å². The summed E-state index contributed by atoms with van der Waals surface area (Å²) in [5.74, 6) is 0.205. The van der Waals surface area contributed by atoms with E-state index in [2.05, 4.69) is 0 Å². The molecule has 0 saturated heterocycles. The first-order valence-electron chi connectivity index (χ1n) is 4.23. The molecule has 1 aliphatic rings. The monoisotopic (exact) mass is 182 g/mol. The van der Waals surface area contributed by atoms with E-state index in [1.54, 1.807) is 0 Å². The normalized spacial score (nSPS) is 21.2. The van der Waals surface area contributed by atoms with E-state index in [9.17, 15) is 15.3 Å². The fourth-order valence-corrected chi connectivity index (χ4v) is 1.73. The highest BCUT2D eigenvalue weighted by atomic mass is 16.3. The van der Waals surface area contributed by atoms with Crippen molar-refractivity contribution in [1.82, 2.24) is 0 Å². The van der Waals surface area contributed by atoms with Crippen molar-refractivity contribution >= 4 is 0 Å². The minimum atomic E-state index is -0.684. The maximum absolute atomic E-state index is 9.56. The number of phenolic OH excluding ortho intramolecular Hbond substituents is 2. The molecule has 2 rings (SSSR count). The lowest BCUT2D eigenvalue weighted by atomic mass is 9.97. The summed E-state index contributed by atoms with van der Waals surface area (Å²) in [6, 6.07) is 2.85. The minimum absolute atomic E-state index is 0.0633. The van der Waals surface area contributed by atoms with Crippen molar-refractivity contribution in [3.05, 3.63) is 23.3 Å². The van der Waals surface area contributed by atoms with Crippen molar-refractivity contribution in [2.45, 2.75) is 12.6 Å². The molecule has 1 heterocycles. The van der Waals surface area contributed by atoms with Gasteiger partial charge in [-0.3, -0.25) is 0 Å². The van der Waals surface area contributed by atoms with E-state index in [1.165, 1.54) is 12.1 Å². The Morgan fingerprint density at radius 2 is 1.92 bits per heavy atom. The smallest absolute Gasteiger partial charge is 0.132 e. The highest BCUT2D eigenvalue weighted by Crippen LogP contribution is 2.33. The number of fused-ring (bicyclic) bond motifs is 1. The van der Waals surface area contributed by atoms with Gasteiger partial charge in [0.2, 0.25) is 0 Å². The number of quaternary nitrogens is 1. The van der Waals surface area contributed by atoms with Crippen LogP contribution < -0.4 is 5.32 Å². The molecule has 1 aromatic rings. The van der Waals surface area contributed by atoms with Crippen LogP contribution in [0.5, 0.6) is 11.5 Å². The molecule has 1 aliphatic heterocycles. The SMILES string of the molecule is Oc1ccc(O)c2c1C[NH2+]C[C@H]2O. The molecular weight excluding hydrogens is 170 g/mol. The second kappa shape index (κ2) is 2.90. The van der Waals surface area contributed by atoms with E-state index in [-0.39, 0.29) is 11.5 Å². The molecule has 0 fully saturated rings. The maximum Gasteiger partial charge on any atom is 0.132 e. The zero-order valence-corrected chi connectivity index (χ0v) is 7.07. The molecule has 0 radical (unpaired) electrons. The Morgan fingerprint density at radius 3 is 2.62 bits per heavy atom. The van der Waals surface area contributed by atoms with E-state index >= 15 is 0 Å². The molecule has 0 aromatic heterocycles. The minimum Gasteiger partial charge on any atom is -0.508 e. The number of nitrogens with two attached hydrogens (primary N) is 1. The summed E-state index contributed by atoms with van der Waals surface area (Å²) in [4.78, 5) is 0. The van der Waals surface area contributed by atoms with Crippen molar-refractivity contribution < 1.29 is 20.6 Å². The third-order valence-electron chi connectivity index (χ3n) is 2.38. The van der Waals surface area contributed by atoms with Crippen LogP contribution in [0.25, 0.3) is 0 Å². The maximum atomic E-state index is 9.56. The van der Waals surface area contributed by atoms with Crippen LogP contribution in [0, 0.1) is 0 Å². The standard InChI is InChI=1S/C9H11NO3/c11-6-1-2-7(12)9-5(6)3-10-4-8(9)13/h1-2,8,10-13H,3-4H2/p+1/t8-/m1/s1. The molecule has 0 aliphatic carbocycles.